The summed E-state index contributed by atoms with van der Waals surface area (Å²) in [6.07, 6.45) is 3.19. The molecule has 1 aromatic rings. The van der Waals surface area contributed by atoms with Gasteiger partial charge in [0.25, 0.3) is 0 Å². The molecule has 5 nitrogen and oxygen atoms in total. The molecule has 0 bridgehead atoms. The summed E-state index contributed by atoms with van der Waals surface area (Å²) < 4.78 is 10.7. The van der Waals surface area contributed by atoms with Crippen LogP contribution in [0, 0.1) is 0 Å². The highest BCUT2D eigenvalue weighted by Crippen LogP contribution is 2.40. The Morgan fingerprint density at radius 2 is 2.05 bits per heavy atom. The maximum Gasteiger partial charge on any atom is 0.184 e. The predicted octanol–water partition coefficient (Wildman–Crippen LogP) is 1.38. The zero-order valence-corrected chi connectivity index (χ0v) is 12.4. The zero-order chi connectivity index (χ0) is 14.5. The summed E-state index contributed by atoms with van der Waals surface area (Å²) in [4.78, 5) is 2.45. The first-order valence-corrected chi connectivity index (χ1v) is 7.15. The second-order valence-corrected chi connectivity index (χ2v) is 5.19. The highest BCUT2D eigenvalue weighted by Gasteiger charge is 2.22. The van der Waals surface area contributed by atoms with Crippen molar-refractivity contribution in [3.8, 4) is 11.5 Å². The summed E-state index contributed by atoms with van der Waals surface area (Å²) >= 11 is 0. The van der Waals surface area contributed by atoms with Gasteiger partial charge in [0.1, 0.15) is 0 Å². The number of unbranched alkanes of at least 4 members (excludes halogenated alkanes) is 1. The topological polar surface area (TPSA) is 73.7 Å². The largest absolute Gasteiger partial charge is 0.493 e. The zero-order valence-electron chi connectivity index (χ0n) is 12.4. The average molecular weight is 279 g/mol. The van der Waals surface area contributed by atoms with Gasteiger partial charge in [-0.3, -0.25) is 4.90 Å². The first-order valence-electron chi connectivity index (χ1n) is 7.15. The van der Waals surface area contributed by atoms with E-state index in [4.69, 9.17) is 20.9 Å². The second-order valence-electron chi connectivity index (χ2n) is 5.19. The van der Waals surface area contributed by atoms with Crippen LogP contribution in [0.3, 0.4) is 0 Å². The lowest BCUT2D eigenvalue weighted by Gasteiger charge is -2.30. The highest BCUT2D eigenvalue weighted by molar-refractivity contribution is 5.68. The molecule has 0 spiro atoms. The number of nitrogen functional groups attached to an aromatic ring is 1. The molecule has 1 heterocycles. The van der Waals surface area contributed by atoms with E-state index in [2.05, 4.69) is 11.0 Å². The summed E-state index contributed by atoms with van der Waals surface area (Å²) in [5.74, 6) is 1.37. The van der Waals surface area contributed by atoms with Crippen molar-refractivity contribution in [1.29, 1.82) is 0 Å². The molecule has 0 fully saturated rings. The lowest BCUT2D eigenvalue weighted by molar-refractivity contribution is 0.248. The van der Waals surface area contributed by atoms with E-state index < -0.39 is 0 Å². The van der Waals surface area contributed by atoms with Gasteiger partial charge in [-0.25, -0.2) is 0 Å². The number of hydrogen-bond donors (Lipinski definition) is 2. The van der Waals surface area contributed by atoms with E-state index in [1.54, 1.807) is 14.2 Å². The Labute approximate surface area is 120 Å². The predicted molar refractivity (Wildman–Crippen MR) is 81.2 cm³/mol. The second kappa shape index (κ2) is 6.81. The van der Waals surface area contributed by atoms with Crippen molar-refractivity contribution in [2.75, 3.05) is 39.6 Å². The van der Waals surface area contributed by atoms with Crippen LogP contribution in [0.25, 0.3) is 0 Å². The third kappa shape index (κ3) is 2.99. The summed E-state index contributed by atoms with van der Waals surface area (Å²) in [5.41, 5.74) is 14.9. The van der Waals surface area contributed by atoms with Crippen LogP contribution in [-0.4, -0.2) is 38.8 Å². The van der Waals surface area contributed by atoms with Crippen LogP contribution in [0.15, 0.2) is 6.07 Å². The van der Waals surface area contributed by atoms with Crippen molar-refractivity contribution >= 4 is 5.69 Å². The first-order chi connectivity index (χ1) is 9.71. The van der Waals surface area contributed by atoms with Crippen LogP contribution >= 0.6 is 0 Å². The number of nitrogens with two attached hydrogens (primary N) is 2. The molecule has 5 heteroatoms. The van der Waals surface area contributed by atoms with Crippen LogP contribution in [0.4, 0.5) is 5.69 Å². The van der Waals surface area contributed by atoms with Gasteiger partial charge in [-0.2, -0.15) is 0 Å². The van der Waals surface area contributed by atoms with E-state index in [-0.39, 0.29) is 0 Å². The van der Waals surface area contributed by atoms with Crippen LogP contribution in [0.5, 0.6) is 11.5 Å². The van der Waals surface area contributed by atoms with E-state index in [1.807, 2.05) is 0 Å². The lowest BCUT2D eigenvalue weighted by Crippen LogP contribution is -2.32. The molecule has 0 atom stereocenters. The van der Waals surface area contributed by atoms with Gasteiger partial charge in [-0.1, -0.05) is 0 Å². The van der Waals surface area contributed by atoms with E-state index in [0.717, 1.165) is 51.1 Å². The van der Waals surface area contributed by atoms with E-state index in [0.29, 0.717) is 11.5 Å². The SMILES string of the molecule is COc1cc2c(c(N)c1OC)CCN(CCCCN)C2. The average Bonchev–Trinajstić information content (AvgIpc) is 2.47. The number of benzene rings is 1. The Morgan fingerprint density at radius 1 is 1.25 bits per heavy atom. The van der Waals surface area contributed by atoms with Crippen molar-refractivity contribution in [1.82, 2.24) is 4.90 Å². The highest BCUT2D eigenvalue weighted by atomic mass is 16.5. The standard InChI is InChI=1S/C15H25N3O2/c1-19-13-9-11-10-18(7-4-3-6-16)8-5-12(11)14(17)15(13)20-2/h9H,3-8,10,16-17H2,1-2H3. The molecule has 0 saturated carbocycles. The molecule has 0 aliphatic carbocycles. The minimum absolute atomic E-state index is 0.655. The molecule has 1 aliphatic heterocycles. The minimum atomic E-state index is 0.655. The van der Waals surface area contributed by atoms with Gasteiger partial charge in [-0.15, -0.1) is 0 Å². The molecule has 0 saturated heterocycles. The number of hydrogen-bond acceptors (Lipinski definition) is 5. The molecule has 0 amide bonds. The Kier molecular flexibility index (Phi) is 5.09. The third-order valence-corrected chi connectivity index (χ3v) is 3.91. The molecule has 4 N–H and O–H groups in total. The van der Waals surface area contributed by atoms with E-state index in [1.165, 1.54) is 11.1 Å². The smallest absolute Gasteiger partial charge is 0.184 e. The van der Waals surface area contributed by atoms with E-state index >= 15 is 0 Å². The van der Waals surface area contributed by atoms with Gasteiger partial charge in [0.05, 0.1) is 19.9 Å². The number of fused-ring (bicyclic) bond motifs is 1. The molecular weight excluding hydrogens is 254 g/mol. The molecule has 112 valence electrons. The van der Waals surface area contributed by atoms with Crippen molar-refractivity contribution in [2.45, 2.75) is 25.8 Å². The number of rotatable bonds is 6. The molecule has 1 aromatic carbocycles. The van der Waals surface area contributed by atoms with Gasteiger partial charge in [0.15, 0.2) is 11.5 Å². The van der Waals surface area contributed by atoms with Gasteiger partial charge in [-0.05, 0) is 49.5 Å². The van der Waals surface area contributed by atoms with Gasteiger partial charge in [0.2, 0.25) is 0 Å². The Morgan fingerprint density at radius 3 is 2.70 bits per heavy atom. The quantitative estimate of drug-likeness (QED) is 0.608. The maximum atomic E-state index is 6.22. The molecule has 2 rings (SSSR count). The van der Waals surface area contributed by atoms with Crippen LogP contribution < -0.4 is 20.9 Å². The number of methoxy groups -OCH3 is 2. The third-order valence-electron chi connectivity index (χ3n) is 3.91. The molecule has 20 heavy (non-hydrogen) atoms. The summed E-state index contributed by atoms with van der Waals surface area (Å²) in [5, 5.41) is 0. The Balaban J connectivity index is 2.17. The fourth-order valence-electron chi connectivity index (χ4n) is 2.81. The fourth-order valence-corrected chi connectivity index (χ4v) is 2.81. The van der Waals surface area contributed by atoms with Crippen LogP contribution in [0.2, 0.25) is 0 Å². The monoisotopic (exact) mass is 279 g/mol. The van der Waals surface area contributed by atoms with Gasteiger partial charge in [0, 0.05) is 13.1 Å². The maximum absolute atomic E-state index is 6.22. The fraction of sp³-hybridized carbons (Fsp3) is 0.600. The minimum Gasteiger partial charge on any atom is -0.493 e. The first kappa shape index (κ1) is 14.9. The van der Waals surface area contributed by atoms with Gasteiger partial charge < -0.3 is 20.9 Å². The van der Waals surface area contributed by atoms with E-state index in [9.17, 15) is 0 Å². The lowest BCUT2D eigenvalue weighted by atomic mass is 9.96. The summed E-state index contributed by atoms with van der Waals surface area (Å²) in [6, 6.07) is 2.06. The molecule has 0 unspecified atom stereocenters. The van der Waals surface area contributed by atoms with Crippen molar-refractivity contribution in [3.63, 3.8) is 0 Å². The van der Waals surface area contributed by atoms with Crippen molar-refractivity contribution < 1.29 is 9.47 Å². The van der Waals surface area contributed by atoms with Crippen LogP contribution in [0.1, 0.15) is 24.0 Å². The normalized spacial score (nSPS) is 14.9. The van der Waals surface area contributed by atoms with Crippen LogP contribution in [-0.2, 0) is 13.0 Å². The number of anilines is 1. The molecular formula is C15H25N3O2. The van der Waals surface area contributed by atoms with Gasteiger partial charge >= 0.3 is 0 Å². The molecule has 0 aromatic heterocycles. The number of ether oxygens (including phenoxy) is 2. The summed E-state index contributed by atoms with van der Waals surface area (Å²) in [7, 11) is 3.27. The van der Waals surface area contributed by atoms with Crippen molar-refractivity contribution in [3.05, 3.63) is 17.2 Å². The molecule has 1 aliphatic rings. The summed E-state index contributed by atoms with van der Waals surface area (Å²) in [6.45, 7) is 3.81. The Bertz CT molecular complexity index is 463. The molecule has 0 radical (unpaired) electrons. The van der Waals surface area contributed by atoms with Crippen molar-refractivity contribution in [2.24, 2.45) is 5.73 Å². The number of nitrogens with zero attached hydrogens (tertiary/aromatic N) is 1. The Hall–Kier alpha value is -1.46.